The molecule has 3 heterocycles. The molecule has 0 aliphatic carbocycles. The van der Waals surface area contributed by atoms with E-state index in [1.54, 1.807) is 18.2 Å². The molecule has 0 radical (unpaired) electrons. The number of hydrogen-bond donors (Lipinski definition) is 2. The monoisotopic (exact) mass is 369 g/mol. The zero-order chi connectivity index (χ0) is 18.8. The molecule has 0 spiro atoms. The van der Waals surface area contributed by atoms with Crippen molar-refractivity contribution >= 4 is 33.8 Å². The van der Waals surface area contributed by atoms with Crippen molar-refractivity contribution in [1.29, 1.82) is 0 Å². The molecule has 2 amide bonds. The van der Waals surface area contributed by atoms with Crippen molar-refractivity contribution in [3.8, 4) is 0 Å². The van der Waals surface area contributed by atoms with Crippen molar-refractivity contribution in [1.82, 2.24) is 4.98 Å². The second-order valence-corrected chi connectivity index (χ2v) is 7.10. The van der Waals surface area contributed by atoms with Gasteiger partial charge >= 0.3 is 0 Å². The van der Waals surface area contributed by atoms with Gasteiger partial charge in [-0.1, -0.05) is 0 Å². The van der Waals surface area contributed by atoms with Crippen molar-refractivity contribution < 1.29 is 14.0 Å². The second kappa shape index (κ2) is 7.13. The zero-order valence-electron chi connectivity index (χ0n) is 15.0. The number of furan rings is 1. The molecule has 6 nitrogen and oxygen atoms in total. The molecule has 0 bridgehead atoms. The van der Waals surface area contributed by atoms with Gasteiger partial charge in [0.1, 0.15) is 0 Å². The molecule has 134 valence electrons. The lowest BCUT2D eigenvalue weighted by atomic mass is 10.1. The average Bonchev–Trinajstić information content (AvgIpc) is 3.20. The molecular formula is C19H19N3O3S. The van der Waals surface area contributed by atoms with Crippen LogP contribution in [0.5, 0.6) is 0 Å². The third-order valence-electron chi connectivity index (χ3n) is 3.87. The molecule has 0 saturated carbocycles. The first-order valence-corrected chi connectivity index (χ1v) is 8.88. The van der Waals surface area contributed by atoms with Gasteiger partial charge in [-0.3, -0.25) is 14.6 Å². The number of thiophene rings is 1. The number of nitrogens with zero attached hydrogens (tertiary/aromatic N) is 1. The summed E-state index contributed by atoms with van der Waals surface area (Å²) in [4.78, 5) is 29.7. The fraction of sp³-hybridized carbons (Fsp3) is 0.211. The average molecular weight is 369 g/mol. The van der Waals surface area contributed by atoms with Crippen LogP contribution in [0.15, 0.2) is 34.9 Å². The number of aromatic nitrogens is 1. The lowest BCUT2D eigenvalue weighted by molar-refractivity contribution is 0.0995. The molecule has 0 unspecified atom stereocenters. The Morgan fingerprint density at radius 2 is 1.81 bits per heavy atom. The Labute approximate surface area is 155 Å². The molecule has 2 N–H and O–H groups in total. The van der Waals surface area contributed by atoms with Crippen molar-refractivity contribution in [3.63, 3.8) is 0 Å². The van der Waals surface area contributed by atoms with E-state index in [2.05, 4.69) is 15.6 Å². The summed E-state index contributed by atoms with van der Waals surface area (Å²) in [5, 5.41) is 6.27. The number of amides is 2. The van der Waals surface area contributed by atoms with Crippen LogP contribution in [0, 0.1) is 27.7 Å². The summed E-state index contributed by atoms with van der Waals surface area (Å²) in [6, 6.07) is 6.93. The standard InChI is InChI=1S/C19H19N3O3S/c1-10-8-12(3)20-13(4)16(10)22-19(24)17-11(2)9-15(26-17)21-18(23)14-6-5-7-25-14/h5-9H,1-4H3,(H,21,23)(H,22,24). The van der Waals surface area contributed by atoms with Gasteiger partial charge in [0.15, 0.2) is 5.76 Å². The number of carbonyl (C=O) groups excluding carboxylic acids is 2. The van der Waals surface area contributed by atoms with Crippen molar-refractivity contribution in [2.24, 2.45) is 0 Å². The van der Waals surface area contributed by atoms with Crippen LogP contribution in [0.25, 0.3) is 0 Å². The Morgan fingerprint density at radius 3 is 2.46 bits per heavy atom. The quantitative estimate of drug-likeness (QED) is 0.710. The molecule has 0 fully saturated rings. The predicted octanol–water partition coefficient (Wildman–Crippen LogP) is 4.47. The van der Waals surface area contributed by atoms with Crippen LogP contribution in [0.4, 0.5) is 10.7 Å². The first-order chi connectivity index (χ1) is 12.3. The summed E-state index contributed by atoms with van der Waals surface area (Å²) in [6.07, 6.45) is 1.44. The minimum atomic E-state index is -0.349. The lowest BCUT2D eigenvalue weighted by Crippen LogP contribution is -2.14. The number of carbonyl (C=O) groups is 2. The maximum Gasteiger partial charge on any atom is 0.291 e. The van der Waals surface area contributed by atoms with E-state index in [1.165, 1.54) is 17.6 Å². The van der Waals surface area contributed by atoms with Crippen LogP contribution < -0.4 is 10.6 Å². The van der Waals surface area contributed by atoms with Crippen LogP contribution in [0.3, 0.4) is 0 Å². The predicted molar refractivity (Wildman–Crippen MR) is 102 cm³/mol. The van der Waals surface area contributed by atoms with Crippen LogP contribution in [0.1, 0.15) is 42.7 Å². The van der Waals surface area contributed by atoms with E-state index in [9.17, 15) is 9.59 Å². The molecular weight excluding hydrogens is 350 g/mol. The van der Waals surface area contributed by atoms with Gasteiger partial charge < -0.3 is 15.1 Å². The largest absolute Gasteiger partial charge is 0.459 e. The van der Waals surface area contributed by atoms with Crippen molar-refractivity contribution in [2.75, 3.05) is 10.6 Å². The molecule has 0 saturated heterocycles. The minimum absolute atomic E-state index is 0.220. The number of nitrogens with one attached hydrogen (secondary N) is 2. The summed E-state index contributed by atoms with van der Waals surface area (Å²) < 4.78 is 5.07. The molecule has 0 atom stereocenters. The number of anilines is 2. The van der Waals surface area contributed by atoms with E-state index in [-0.39, 0.29) is 17.6 Å². The third kappa shape index (κ3) is 3.67. The summed E-state index contributed by atoms with van der Waals surface area (Å²) in [5.41, 5.74) is 4.15. The first-order valence-electron chi connectivity index (χ1n) is 8.06. The van der Waals surface area contributed by atoms with Gasteiger partial charge in [-0.15, -0.1) is 11.3 Å². The highest BCUT2D eigenvalue weighted by Gasteiger charge is 2.18. The molecule has 3 rings (SSSR count). The number of hydrogen-bond acceptors (Lipinski definition) is 5. The second-order valence-electron chi connectivity index (χ2n) is 6.05. The van der Waals surface area contributed by atoms with Crippen LogP contribution in [0.2, 0.25) is 0 Å². The molecule has 0 aliphatic heterocycles. The Kier molecular flexibility index (Phi) is 4.90. The molecule has 0 aromatic carbocycles. The van der Waals surface area contributed by atoms with E-state index >= 15 is 0 Å². The highest BCUT2D eigenvalue weighted by molar-refractivity contribution is 7.18. The Balaban J connectivity index is 1.79. The Morgan fingerprint density at radius 1 is 1.04 bits per heavy atom. The highest BCUT2D eigenvalue weighted by atomic mass is 32.1. The van der Waals surface area contributed by atoms with Gasteiger partial charge in [-0.05, 0) is 63.1 Å². The third-order valence-corrected chi connectivity index (χ3v) is 5.02. The number of pyridine rings is 1. The normalized spacial score (nSPS) is 10.6. The smallest absolute Gasteiger partial charge is 0.291 e. The summed E-state index contributed by atoms with van der Waals surface area (Å²) in [6.45, 7) is 7.56. The van der Waals surface area contributed by atoms with Crippen LogP contribution in [-0.4, -0.2) is 16.8 Å². The van der Waals surface area contributed by atoms with Crippen molar-refractivity contribution in [2.45, 2.75) is 27.7 Å². The maximum atomic E-state index is 12.7. The van der Waals surface area contributed by atoms with Gasteiger partial charge in [-0.2, -0.15) is 0 Å². The minimum Gasteiger partial charge on any atom is -0.459 e. The Bertz CT molecular complexity index is 951. The van der Waals surface area contributed by atoms with Gasteiger partial charge in [0, 0.05) is 5.69 Å². The van der Waals surface area contributed by atoms with Gasteiger partial charge in [0.25, 0.3) is 11.8 Å². The maximum absolute atomic E-state index is 12.7. The molecule has 0 aliphatic rings. The zero-order valence-corrected chi connectivity index (χ0v) is 15.8. The van der Waals surface area contributed by atoms with Gasteiger partial charge in [0.2, 0.25) is 0 Å². The van der Waals surface area contributed by atoms with E-state index in [4.69, 9.17) is 4.42 Å². The van der Waals surface area contributed by atoms with E-state index in [0.29, 0.717) is 9.88 Å². The molecule has 26 heavy (non-hydrogen) atoms. The van der Waals surface area contributed by atoms with E-state index in [0.717, 1.165) is 28.2 Å². The van der Waals surface area contributed by atoms with Crippen LogP contribution >= 0.6 is 11.3 Å². The highest BCUT2D eigenvalue weighted by Crippen LogP contribution is 2.29. The van der Waals surface area contributed by atoms with Crippen molar-refractivity contribution in [3.05, 3.63) is 63.7 Å². The van der Waals surface area contributed by atoms with Crippen LogP contribution in [-0.2, 0) is 0 Å². The fourth-order valence-corrected chi connectivity index (χ4v) is 3.70. The van der Waals surface area contributed by atoms with E-state index < -0.39 is 0 Å². The first kappa shape index (κ1) is 17.9. The topological polar surface area (TPSA) is 84.2 Å². The van der Waals surface area contributed by atoms with E-state index in [1.807, 2.05) is 33.8 Å². The Hall–Kier alpha value is -2.93. The molecule has 3 aromatic heterocycles. The summed E-state index contributed by atoms with van der Waals surface area (Å²) >= 11 is 1.22. The summed E-state index contributed by atoms with van der Waals surface area (Å²) in [5.74, 6) is -0.348. The van der Waals surface area contributed by atoms with Gasteiger partial charge in [0.05, 0.1) is 27.5 Å². The van der Waals surface area contributed by atoms with Gasteiger partial charge in [-0.25, -0.2) is 0 Å². The lowest BCUT2D eigenvalue weighted by Gasteiger charge is -2.11. The summed E-state index contributed by atoms with van der Waals surface area (Å²) in [7, 11) is 0. The number of rotatable bonds is 4. The SMILES string of the molecule is Cc1cc(C)c(NC(=O)c2sc(NC(=O)c3ccco3)cc2C)c(C)n1. The molecule has 3 aromatic rings. The molecule has 7 heteroatoms. The fourth-order valence-electron chi connectivity index (χ4n) is 2.73. The number of aryl methyl sites for hydroxylation is 4.